The van der Waals surface area contributed by atoms with E-state index in [1.54, 1.807) is 29.2 Å². The molecular weight excluding hydrogens is 342 g/mol. The van der Waals surface area contributed by atoms with Gasteiger partial charge in [0.25, 0.3) is 5.56 Å². The van der Waals surface area contributed by atoms with Gasteiger partial charge in [-0.3, -0.25) is 19.5 Å². The Balaban J connectivity index is 1.44. The number of carbonyl (C=O) groups excluding carboxylic acids is 1. The largest absolute Gasteiger partial charge is 0.341 e. The summed E-state index contributed by atoms with van der Waals surface area (Å²) in [6.45, 7) is 4.15. The lowest BCUT2D eigenvalue weighted by atomic mass is 10.2. The number of likely N-dealkylation sites (tertiary alicyclic amines) is 2. The van der Waals surface area contributed by atoms with E-state index in [1.807, 2.05) is 17.0 Å². The third-order valence-electron chi connectivity index (χ3n) is 5.55. The monoisotopic (exact) mass is 367 g/mol. The summed E-state index contributed by atoms with van der Waals surface area (Å²) in [6, 6.07) is 7.43. The standard InChI is InChI=1S/C20H25N5O2/c26-19-4-2-12-24(19)14-13-23-11-1-3-17(23)15-25-20(27)6-5-18(22-25)16-7-9-21-10-8-16/h5-10,17H,1-4,11-15H2. The Morgan fingerprint density at radius 1 is 1.00 bits per heavy atom. The maximum atomic E-state index is 12.3. The number of pyridine rings is 1. The first kappa shape index (κ1) is 17.9. The molecule has 4 rings (SSSR count). The molecule has 27 heavy (non-hydrogen) atoms. The van der Waals surface area contributed by atoms with Crippen LogP contribution in [0.25, 0.3) is 11.3 Å². The lowest BCUT2D eigenvalue weighted by Gasteiger charge is -2.27. The van der Waals surface area contributed by atoms with E-state index < -0.39 is 0 Å². The molecule has 0 spiro atoms. The molecule has 2 aromatic rings. The van der Waals surface area contributed by atoms with Crippen LogP contribution in [0.5, 0.6) is 0 Å². The molecule has 4 heterocycles. The highest BCUT2D eigenvalue weighted by Gasteiger charge is 2.27. The van der Waals surface area contributed by atoms with E-state index in [0.717, 1.165) is 56.7 Å². The Bertz CT molecular complexity index is 851. The van der Waals surface area contributed by atoms with Gasteiger partial charge in [-0.25, -0.2) is 4.68 Å². The van der Waals surface area contributed by atoms with Gasteiger partial charge in [0.15, 0.2) is 0 Å². The van der Waals surface area contributed by atoms with Crippen LogP contribution in [0.15, 0.2) is 41.5 Å². The van der Waals surface area contributed by atoms with Crippen molar-refractivity contribution >= 4 is 5.91 Å². The van der Waals surface area contributed by atoms with Gasteiger partial charge < -0.3 is 4.90 Å². The first-order valence-corrected chi connectivity index (χ1v) is 9.71. The van der Waals surface area contributed by atoms with Crippen molar-refractivity contribution in [3.05, 3.63) is 47.0 Å². The smallest absolute Gasteiger partial charge is 0.266 e. The summed E-state index contributed by atoms with van der Waals surface area (Å²) in [5.74, 6) is 0.272. The molecule has 0 N–H and O–H groups in total. The van der Waals surface area contributed by atoms with Gasteiger partial charge in [-0.1, -0.05) is 0 Å². The minimum Gasteiger partial charge on any atom is -0.341 e. The van der Waals surface area contributed by atoms with Crippen LogP contribution in [0.4, 0.5) is 0 Å². The van der Waals surface area contributed by atoms with Gasteiger partial charge in [-0.05, 0) is 44.0 Å². The maximum Gasteiger partial charge on any atom is 0.266 e. The first-order valence-electron chi connectivity index (χ1n) is 9.71. The van der Waals surface area contributed by atoms with Crippen molar-refractivity contribution in [1.82, 2.24) is 24.6 Å². The average Bonchev–Trinajstić information content (AvgIpc) is 3.31. The van der Waals surface area contributed by atoms with Crippen molar-refractivity contribution in [3.63, 3.8) is 0 Å². The highest BCUT2D eigenvalue weighted by atomic mass is 16.2. The zero-order chi connectivity index (χ0) is 18.6. The van der Waals surface area contributed by atoms with E-state index in [2.05, 4.69) is 15.0 Å². The van der Waals surface area contributed by atoms with Gasteiger partial charge in [-0.15, -0.1) is 0 Å². The number of hydrogen-bond donors (Lipinski definition) is 0. The second-order valence-electron chi connectivity index (χ2n) is 7.29. The highest BCUT2D eigenvalue weighted by molar-refractivity contribution is 5.78. The summed E-state index contributed by atoms with van der Waals surface area (Å²) in [7, 11) is 0. The summed E-state index contributed by atoms with van der Waals surface area (Å²) in [5, 5.41) is 4.58. The van der Waals surface area contributed by atoms with Crippen LogP contribution >= 0.6 is 0 Å². The Morgan fingerprint density at radius 3 is 2.63 bits per heavy atom. The molecule has 2 fully saturated rings. The van der Waals surface area contributed by atoms with Gasteiger partial charge in [0.05, 0.1) is 12.2 Å². The predicted octanol–water partition coefficient (Wildman–Crippen LogP) is 1.39. The third-order valence-corrected chi connectivity index (χ3v) is 5.55. The normalized spacial score (nSPS) is 20.5. The van der Waals surface area contributed by atoms with Crippen molar-refractivity contribution in [2.24, 2.45) is 0 Å². The molecule has 7 heteroatoms. The summed E-state index contributed by atoms with van der Waals surface area (Å²) < 4.78 is 1.58. The van der Waals surface area contributed by atoms with E-state index >= 15 is 0 Å². The second-order valence-corrected chi connectivity index (χ2v) is 7.29. The molecule has 1 atom stereocenters. The summed E-state index contributed by atoms with van der Waals surface area (Å²) in [4.78, 5) is 32.5. The second kappa shape index (κ2) is 8.00. The van der Waals surface area contributed by atoms with Crippen LogP contribution in [0.2, 0.25) is 0 Å². The zero-order valence-electron chi connectivity index (χ0n) is 15.5. The fourth-order valence-corrected chi connectivity index (χ4v) is 4.04. The molecule has 0 saturated carbocycles. The average molecular weight is 367 g/mol. The predicted molar refractivity (Wildman–Crippen MR) is 102 cm³/mol. The minimum atomic E-state index is -0.0747. The lowest BCUT2D eigenvalue weighted by Crippen LogP contribution is -2.41. The van der Waals surface area contributed by atoms with Gasteiger partial charge in [0.1, 0.15) is 0 Å². The highest BCUT2D eigenvalue weighted by Crippen LogP contribution is 2.20. The quantitative estimate of drug-likeness (QED) is 0.772. The molecule has 2 aromatic heterocycles. The molecule has 2 saturated heterocycles. The van der Waals surface area contributed by atoms with E-state index in [4.69, 9.17) is 0 Å². The Hall–Kier alpha value is -2.54. The topological polar surface area (TPSA) is 71.3 Å². The molecule has 1 amide bonds. The first-order chi connectivity index (χ1) is 13.2. The Labute approximate surface area is 158 Å². The van der Waals surface area contributed by atoms with Crippen LogP contribution in [0.1, 0.15) is 25.7 Å². The summed E-state index contributed by atoms with van der Waals surface area (Å²) in [6.07, 6.45) is 7.29. The number of rotatable bonds is 6. The van der Waals surface area contributed by atoms with E-state index in [9.17, 15) is 9.59 Å². The molecule has 2 aliphatic rings. The Kier molecular flexibility index (Phi) is 5.29. The van der Waals surface area contributed by atoms with Crippen LogP contribution in [0.3, 0.4) is 0 Å². The van der Waals surface area contributed by atoms with Crippen molar-refractivity contribution < 1.29 is 4.79 Å². The van der Waals surface area contributed by atoms with Gasteiger partial charge in [-0.2, -0.15) is 5.10 Å². The molecule has 2 aliphatic heterocycles. The maximum absolute atomic E-state index is 12.3. The van der Waals surface area contributed by atoms with Crippen LogP contribution in [0, 0.1) is 0 Å². The Morgan fingerprint density at radius 2 is 1.85 bits per heavy atom. The number of nitrogens with zero attached hydrogens (tertiary/aromatic N) is 5. The van der Waals surface area contributed by atoms with Crippen molar-refractivity contribution in [3.8, 4) is 11.3 Å². The SMILES string of the molecule is O=C1CCCN1CCN1CCCC1Cn1nc(-c2ccncc2)ccc1=O. The molecule has 0 aliphatic carbocycles. The van der Waals surface area contributed by atoms with E-state index in [0.29, 0.717) is 19.0 Å². The van der Waals surface area contributed by atoms with Crippen molar-refractivity contribution in [2.75, 3.05) is 26.2 Å². The number of amides is 1. The van der Waals surface area contributed by atoms with Crippen LogP contribution < -0.4 is 5.56 Å². The molecule has 0 aromatic carbocycles. The minimum absolute atomic E-state index is 0.0747. The van der Waals surface area contributed by atoms with E-state index in [1.165, 1.54) is 0 Å². The molecule has 0 bridgehead atoms. The summed E-state index contributed by atoms with van der Waals surface area (Å²) >= 11 is 0. The van der Waals surface area contributed by atoms with Gasteiger partial charge >= 0.3 is 0 Å². The van der Waals surface area contributed by atoms with Gasteiger partial charge in [0, 0.05) is 56.1 Å². The number of aromatic nitrogens is 3. The molecular formula is C20H25N5O2. The van der Waals surface area contributed by atoms with Crippen LogP contribution in [-0.2, 0) is 11.3 Å². The molecule has 1 unspecified atom stereocenters. The summed E-state index contributed by atoms with van der Waals surface area (Å²) in [5.41, 5.74) is 1.66. The van der Waals surface area contributed by atoms with E-state index in [-0.39, 0.29) is 11.5 Å². The molecule has 0 radical (unpaired) electrons. The fourth-order valence-electron chi connectivity index (χ4n) is 4.04. The number of carbonyl (C=O) groups is 1. The third kappa shape index (κ3) is 4.08. The zero-order valence-corrected chi connectivity index (χ0v) is 15.5. The lowest BCUT2D eigenvalue weighted by molar-refractivity contribution is -0.127. The fraction of sp³-hybridized carbons (Fsp3) is 0.500. The van der Waals surface area contributed by atoms with Gasteiger partial charge in [0.2, 0.25) is 5.91 Å². The van der Waals surface area contributed by atoms with Crippen molar-refractivity contribution in [2.45, 2.75) is 38.3 Å². The van der Waals surface area contributed by atoms with Crippen LogP contribution in [-0.4, -0.2) is 62.7 Å². The molecule has 7 nitrogen and oxygen atoms in total. The number of hydrogen-bond acceptors (Lipinski definition) is 5. The molecule has 142 valence electrons. The van der Waals surface area contributed by atoms with Crippen molar-refractivity contribution in [1.29, 1.82) is 0 Å².